The maximum absolute atomic E-state index is 5.93. The van der Waals surface area contributed by atoms with E-state index in [1.165, 1.54) is 18.4 Å². The van der Waals surface area contributed by atoms with Gasteiger partial charge in [0.2, 0.25) is 0 Å². The Balaban J connectivity index is 1.61. The maximum atomic E-state index is 5.93. The molecule has 0 unspecified atom stereocenters. The number of fused-ring (bicyclic) bond motifs is 1. The van der Waals surface area contributed by atoms with Gasteiger partial charge in [0.15, 0.2) is 0 Å². The van der Waals surface area contributed by atoms with E-state index < -0.39 is 0 Å². The van der Waals surface area contributed by atoms with E-state index in [0.29, 0.717) is 12.1 Å². The molecule has 0 atom stereocenters. The van der Waals surface area contributed by atoms with Gasteiger partial charge in [-0.05, 0) is 50.3 Å². The number of hydrogen-bond donors (Lipinski definition) is 3. The van der Waals surface area contributed by atoms with Gasteiger partial charge < -0.3 is 16.0 Å². The first-order valence-electron chi connectivity index (χ1n) is 7.15. The number of benzene rings is 1. The van der Waals surface area contributed by atoms with E-state index in [-0.39, 0.29) is 0 Å². The second-order valence-corrected chi connectivity index (χ2v) is 5.67. The minimum absolute atomic E-state index is 0.419. The fourth-order valence-corrected chi connectivity index (χ4v) is 2.88. The molecular weight excluding hydrogens is 236 g/mol. The number of nitrogens with one attached hydrogen (secondary N) is 2. The summed E-state index contributed by atoms with van der Waals surface area (Å²) in [6.07, 6.45) is 4.70. The van der Waals surface area contributed by atoms with Crippen molar-refractivity contribution in [3.63, 3.8) is 0 Å². The van der Waals surface area contributed by atoms with Crippen LogP contribution >= 0.6 is 0 Å². The van der Waals surface area contributed by atoms with Gasteiger partial charge in [-0.3, -0.25) is 0 Å². The molecule has 0 aliphatic heterocycles. The maximum Gasteiger partial charge on any atom is 0.104 e. The Hall–Kier alpha value is -1.39. The number of nitrogens with two attached hydrogens (primary N) is 1. The van der Waals surface area contributed by atoms with Gasteiger partial charge in [-0.1, -0.05) is 6.07 Å². The van der Waals surface area contributed by atoms with Crippen molar-refractivity contribution in [1.82, 2.24) is 15.3 Å². The van der Waals surface area contributed by atoms with Gasteiger partial charge in [-0.2, -0.15) is 0 Å². The summed E-state index contributed by atoms with van der Waals surface area (Å²) < 4.78 is 0. The molecule has 1 aliphatic carbocycles. The van der Waals surface area contributed by atoms with Crippen LogP contribution in [-0.4, -0.2) is 22.1 Å². The van der Waals surface area contributed by atoms with E-state index in [9.17, 15) is 0 Å². The summed E-state index contributed by atoms with van der Waals surface area (Å²) in [4.78, 5) is 7.71. The van der Waals surface area contributed by atoms with Gasteiger partial charge in [-0.15, -0.1) is 0 Å². The Labute approximate surface area is 113 Å². The first kappa shape index (κ1) is 12.6. The quantitative estimate of drug-likeness (QED) is 0.791. The van der Waals surface area contributed by atoms with Gasteiger partial charge >= 0.3 is 0 Å². The summed E-state index contributed by atoms with van der Waals surface area (Å²) in [7, 11) is 0. The fourth-order valence-electron chi connectivity index (χ4n) is 2.88. The van der Waals surface area contributed by atoms with Crippen LogP contribution in [0.1, 0.15) is 37.1 Å². The predicted octanol–water partition coefficient (Wildman–Crippen LogP) is 2.23. The molecule has 1 aromatic heterocycles. The van der Waals surface area contributed by atoms with Crippen molar-refractivity contribution < 1.29 is 0 Å². The number of hydrogen-bond acceptors (Lipinski definition) is 3. The summed E-state index contributed by atoms with van der Waals surface area (Å²) in [5.74, 6) is 0.973. The highest BCUT2D eigenvalue weighted by Gasteiger charge is 2.17. The smallest absolute Gasteiger partial charge is 0.104 e. The van der Waals surface area contributed by atoms with Crippen molar-refractivity contribution in [3.05, 3.63) is 29.6 Å². The van der Waals surface area contributed by atoms with E-state index in [4.69, 9.17) is 5.73 Å². The fraction of sp³-hybridized carbons (Fsp3) is 0.533. The zero-order valence-electron chi connectivity index (χ0n) is 11.4. The number of aromatic nitrogens is 2. The minimum atomic E-state index is 0.419. The van der Waals surface area contributed by atoms with Crippen molar-refractivity contribution in [3.8, 4) is 0 Å². The van der Waals surface area contributed by atoms with Crippen molar-refractivity contribution in [2.75, 3.05) is 0 Å². The average molecular weight is 258 g/mol. The molecular formula is C15H22N4. The topological polar surface area (TPSA) is 66.7 Å². The molecule has 4 nitrogen and oxygen atoms in total. The number of imidazole rings is 1. The molecule has 0 saturated heterocycles. The molecule has 0 amide bonds. The highest BCUT2D eigenvalue weighted by atomic mass is 14.9. The summed E-state index contributed by atoms with van der Waals surface area (Å²) in [5, 5.41) is 3.64. The van der Waals surface area contributed by atoms with Crippen molar-refractivity contribution in [2.24, 2.45) is 5.73 Å². The molecule has 1 heterocycles. The molecule has 102 valence electrons. The zero-order valence-corrected chi connectivity index (χ0v) is 11.4. The molecule has 19 heavy (non-hydrogen) atoms. The summed E-state index contributed by atoms with van der Waals surface area (Å²) in [5.41, 5.74) is 9.41. The van der Waals surface area contributed by atoms with Gasteiger partial charge in [0.05, 0.1) is 11.0 Å². The number of H-pyrrole nitrogens is 1. The molecule has 0 radical (unpaired) electrons. The van der Waals surface area contributed by atoms with Crippen LogP contribution in [0.2, 0.25) is 0 Å². The highest BCUT2D eigenvalue weighted by molar-refractivity contribution is 5.75. The second-order valence-electron chi connectivity index (χ2n) is 5.67. The van der Waals surface area contributed by atoms with E-state index in [1.807, 2.05) is 6.92 Å². The monoisotopic (exact) mass is 258 g/mol. The lowest BCUT2D eigenvalue weighted by atomic mass is 9.92. The summed E-state index contributed by atoms with van der Waals surface area (Å²) in [6.45, 7) is 2.91. The highest BCUT2D eigenvalue weighted by Crippen LogP contribution is 2.18. The van der Waals surface area contributed by atoms with Crippen LogP contribution in [0.4, 0.5) is 0 Å². The van der Waals surface area contributed by atoms with Gasteiger partial charge in [0.25, 0.3) is 0 Å². The Morgan fingerprint density at radius 3 is 2.89 bits per heavy atom. The normalized spacial score (nSPS) is 23.9. The average Bonchev–Trinajstić information content (AvgIpc) is 2.77. The van der Waals surface area contributed by atoms with Crippen LogP contribution in [0.5, 0.6) is 0 Å². The molecule has 4 N–H and O–H groups in total. The lowest BCUT2D eigenvalue weighted by Crippen LogP contribution is -2.37. The van der Waals surface area contributed by atoms with Crippen LogP contribution in [0, 0.1) is 6.92 Å². The van der Waals surface area contributed by atoms with E-state index in [0.717, 1.165) is 36.2 Å². The van der Waals surface area contributed by atoms with Crippen LogP contribution in [0.15, 0.2) is 18.2 Å². The Morgan fingerprint density at radius 1 is 1.32 bits per heavy atom. The summed E-state index contributed by atoms with van der Waals surface area (Å²) >= 11 is 0. The molecule has 1 fully saturated rings. The third-order valence-corrected chi connectivity index (χ3v) is 4.03. The molecule has 0 bridgehead atoms. The minimum Gasteiger partial charge on any atom is -0.342 e. The zero-order chi connectivity index (χ0) is 13.2. The standard InChI is InChI=1S/C15H22N4/c1-10-18-14-7-2-11(8-15(14)19-10)9-17-13-5-3-12(16)4-6-13/h2,7-8,12-13,17H,3-6,9,16H2,1H3,(H,18,19). The van der Waals surface area contributed by atoms with Crippen molar-refractivity contribution >= 4 is 11.0 Å². The largest absolute Gasteiger partial charge is 0.342 e. The molecule has 1 saturated carbocycles. The predicted molar refractivity (Wildman–Crippen MR) is 77.9 cm³/mol. The first-order valence-corrected chi connectivity index (χ1v) is 7.15. The van der Waals surface area contributed by atoms with Crippen LogP contribution in [0.25, 0.3) is 11.0 Å². The molecule has 3 rings (SSSR count). The van der Waals surface area contributed by atoms with E-state index in [2.05, 4.69) is 33.5 Å². The van der Waals surface area contributed by atoms with E-state index >= 15 is 0 Å². The molecule has 1 aromatic carbocycles. The van der Waals surface area contributed by atoms with E-state index in [1.54, 1.807) is 0 Å². The van der Waals surface area contributed by atoms with Crippen LogP contribution in [-0.2, 0) is 6.54 Å². The molecule has 0 spiro atoms. The summed E-state index contributed by atoms with van der Waals surface area (Å²) in [6, 6.07) is 7.48. The number of rotatable bonds is 3. The molecule has 2 aromatic rings. The third-order valence-electron chi connectivity index (χ3n) is 4.03. The van der Waals surface area contributed by atoms with Gasteiger partial charge in [0.1, 0.15) is 5.82 Å². The van der Waals surface area contributed by atoms with Crippen LogP contribution < -0.4 is 11.1 Å². The second kappa shape index (κ2) is 5.31. The number of aromatic amines is 1. The Kier molecular flexibility index (Phi) is 3.53. The molecule has 1 aliphatic rings. The first-order chi connectivity index (χ1) is 9.20. The SMILES string of the molecule is Cc1nc2ccc(CNC3CCC(N)CC3)cc2[nH]1. The van der Waals surface area contributed by atoms with Gasteiger partial charge in [0, 0.05) is 18.6 Å². The third kappa shape index (κ3) is 2.96. The van der Waals surface area contributed by atoms with Crippen molar-refractivity contribution in [2.45, 2.75) is 51.2 Å². The lowest BCUT2D eigenvalue weighted by molar-refractivity contribution is 0.342. The molecule has 4 heteroatoms. The van der Waals surface area contributed by atoms with Crippen molar-refractivity contribution in [1.29, 1.82) is 0 Å². The Morgan fingerprint density at radius 2 is 2.11 bits per heavy atom. The van der Waals surface area contributed by atoms with Crippen LogP contribution in [0.3, 0.4) is 0 Å². The lowest BCUT2D eigenvalue weighted by Gasteiger charge is -2.26. The Bertz CT molecular complexity index is 552. The number of nitrogens with zero attached hydrogens (tertiary/aromatic N) is 1. The number of aryl methyl sites for hydroxylation is 1. The van der Waals surface area contributed by atoms with Gasteiger partial charge in [-0.25, -0.2) is 4.98 Å².